The van der Waals surface area contributed by atoms with Gasteiger partial charge in [0, 0.05) is 31.6 Å². The molecule has 7 heteroatoms. The maximum Gasteiger partial charge on any atom is 0.191 e. The summed E-state index contributed by atoms with van der Waals surface area (Å²) in [4.78, 5) is 7.54. The van der Waals surface area contributed by atoms with E-state index in [1.807, 2.05) is 17.0 Å². The van der Waals surface area contributed by atoms with Crippen LogP contribution in [0.2, 0.25) is 0 Å². The third-order valence-corrected chi connectivity index (χ3v) is 5.45. The molecule has 2 N–H and O–H groups in total. The van der Waals surface area contributed by atoms with Gasteiger partial charge in [-0.15, -0.1) is 11.3 Å². The zero-order valence-electron chi connectivity index (χ0n) is 15.2. The highest BCUT2D eigenvalue weighted by Crippen LogP contribution is 2.21. The van der Waals surface area contributed by atoms with Crippen LogP contribution in [0.15, 0.2) is 34.6 Å². The SMILES string of the molecule is CN=C(NCc1ccc(N2CCOCC2)c(F)c1)NCc1sccc1C. The number of guanidine groups is 1. The van der Waals surface area contributed by atoms with Crippen molar-refractivity contribution in [2.45, 2.75) is 20.0 Å². The Kier molecular flexibility index (Phi) is 6.46. The van der Waals surface area contributed by atoms with Gasteiger partial charge < -0.3 is 20.3 Å². The van der Waals surface area contributed by atoms with Crippen molar-refractivity contribution < 1.29 is 9.13 Å². The van der Waals surface area contributed by atoms with Crippen LogP contribution in [-0.2, 0) is 17.8 Å². The number of aliphatic imine (C=N–C) groups is 1. The molecule has 0 aliphatic carbocycles. The Morgan fingerprint density at radius 1 is 1.23 bits per heavy atom. The lowest BCUT2D eigenvalue weighted by atomic mass is 10.1. The lowest BCUT2D eigenvalue weighted by molar-refractivity contribution is 0.122. The van der Waals surface area contributed by atoms with Gasteiger partial charge in [-0.2, -0.15) is 0 Å². The second-order valence-electron chi connectivity index (χ2n) is 6.19. The van der Waals surface area contributed by atoms with E-state index in [4.69, 9.17) is 4.74 Å². The fraction of sp³-hybridized carbons (Fsp3) is 0.421. The van der Waals surface area contributed by atoms with Gasteiger partial charge in [-0.3, -0.25) is 4.99 Å². The van der Waals surface area contributed by atoms with Gasteiger partial charge in [0.25, 0.3) is 0 Å². The topological polar surface area (TPSA) is 48.9 Å². The summed E-state index contributed by atoms with van der Waals surface area (Å²) in [6.07, 6.45) is 0. The fourth-order valence-corrected chi connectivity index (χ4v) is 3.72. The maximum absolute atomic E-state index is 14.5. The first-order valence-electron chi connectivity index (χ1n) is 8.76. The van der Waals surface area contributed by atoms with Gasteiger partial charge in [-0.1, -0.05) is 6.07 Å². The zero-order valence-corrected chi connectivity index (χ0v) is 16.0. The van der Waals surface area contributed by atoms with Crippen LogP contribution >= 0.6 is 11.3 Å². The van der Waals surface area contributed by atoms with Gasteiger partial charge in [0.1, 0.15) is 5.82 Å². The van der Waals surface area contributed by atoms with E-state index in [0.717, 1.165) is 25.2 Å². The molecule has 1 aliphatic rings. The van der Waals surface area contributed by atoms with E-state index < -0.39 is 0 Å². The molecule has 0 radical (unpaired) electrons. The average Bonchev–Trinajstić information content (AvgIpc) is 3.07. The monoisotopic (exact) mass is 376 g/mol. The first-order valence-corrected chi connectivity index (χ1v) is 9.64. The number of nitrogens with one attached hydrogen (secondary N) is 2. The van der Waals surface area contributed by atoms with E-state index >= 15 is 0 Å². The van der Waals surface area contributed by atoms with E-state index in [0.29, 0.717) is 31.4 Å². The van der Waals surface area contributed by atoms with Crippen LogP contribution in [0.5, 0.6) is 0 Å². The Hall–Kier alpha value is -2.12. The third-order valence-electron chi connectivity index (χ3n) is 4.43. The fourth-order valence-electron chi connectivity index (χ4n) is 2.88. The predicted molar refractivity (Wildman–Crippen MR) is 106 cm³/mol. The Bertz CT molecular complexity index is 756. The normalized spacial score (nSPS) is 15.2. The van der Waals surface area contributed by atoms with Crippen LogP contribution in [0.3, 0.4) is 0 Å². The molecule has 140 valence electrons. The molecule has 0 saturated carbocycles. The number of nitrogens with zero attached hydrogens (tertiary/aromatic N) is 2. The largest absolute Gasteiger partial charge is 0.378 e. The number of aryl methyl sites for hydroxylation is 1. The molecular weight excluding hydrogens is 351 g/mol. The lowest BCUT2D eigenvalue weighted by Gasteiger charge is -2.29. The van der Waals surface area contributed by atoms with Crippen molar-refractivity contribution >= 4 is 23.0 Å². The first-order chi connectivity index (χ1) is 12.7. The molecule has 3 rings (SSSR count). The van der Waals surface area contributed by atoms with Crippen LogP contribution in [-0.4, -0.2) is 39.3 Å². The van der Waals surface area contributed by atoms with Gasteiger partial charge in [-0.05, 0) is 41.6 Å². The molecular formula is C19H25FN4OS. The second kappa shape index (κ2) is 9.00. The summed E-state index contributed by atoms with van der Waals surface area (Å²) < 4.78 is 19.8. The van der Waals surface area contributed by atoms with Crippen LogP contribution < -0.4 is 15.5 Å². The summed E-state index contributed by atoms with van der Waals surface area (Å²) in [5.74, 6) is 0.513. The summed E-state index contributed by atoms with van der Waals surface area (Å²) in [5.41, 5.74) is 2.81. The van der Waals surface area contributed by atoms with Gasteiger partial charge in [0.2, 0.25) is 0 Å². The smallest absolute Gasteiger partial charge is 0.191 e. The molecule has 2 heterocycles. The molecule has 0 spiro atoms. The Balaban J connectivity index is 1.54. The first kappa shape index (κ1) is 18.7. The second-order valence-corrected chi connectivity index (χ2v) is 7.19. The van der Waals surface area contributed by atoms with Gasteiger partial charge in [-0.25, -0.2) is 4.39 Å². The van der Waals surface area contributed by atoms with E-state index in [1.54, 1.807) is 24.5 Å². The third kappa shape index (κ3) is 4.74. The number of anilines is 1. The van der Waals surface area contributed by atoms with Crippen LogP contribution in [0.1, 0.15) is 16.0 Å². The molecule has 2 aromatic rings. The Labute approximate surface area is 157 Å². The summed E-state index contributed by atoms with van der Waals surface area (Å²) in [6.45, 7) is 6.10. The summed E-state index contributed by atoms with van der Waals surface area (Å²) in [6, 6.07) is 7.51. The van der Waals surface area contributed by atoms with E-state index in [2.05, 4.69) is 34.0 Å². The molecule has 5 nitrogen and oxygen atoms in total. The Morgan fingerprint density at radius 2 is 2.00 bits per heavy atom. The Morgan fingerprint density at radius 3 is 2.65 bits per heavy atom. The molecule has 1 aromatic carbocycles. The molecule has 1 aromatic heterocycles. The van der Waals surface area contributed by atoms with E-state index in [-0.39, 0.29) is 5.82 Å². The van der Waals surface area contributed by atoms with Crippen LogP contribution in [0, 0.1) is 12.7 Å². The minimum absolute atomic E-state index is 0.191. The number of benzene rings is 1. The van der Waals surface area contributed by atoms with E-state index in [1.165, 1.54) is 10.4 Å². The number of thiophene rings is 1. The highest BCUT2D eigenvalue weighted by atomic mass is 32.1. The minimum atomic E-state index is -0.191. The van der Waals surface area contributed by atoms with Gasteiger partial charge in [0.05, 0.1) is 25.4 Å². The summed E-state index contributed by atoms with van der Waals surface area (Å²) >= 11 is 1.73. The zero-order chi connectivity index (χ0) is 18.4. The average molecular weight is 377 g/mol. The maximum atomic E-state index is 14.5. The summed E-state index contributed by atoms with van der Waals surface area (Å²) in [7, 11) is 1.73. The van der Waals surface area contributed by atoms with Crippen molar-refractivity contribution in [1.29, 1.82) is 0 Å². The van der Waals surface area contributed by atoms with Gasteiger partial charge in [0.15, 0.2) is 5.96 Å². The summed E-state index contributed by atoms with van der Waals surface area (Å²) in [5, 5.41) is 8.62. The number of ether oxygens (including phenoxy) is 1. The molecule has 26 heavy (non-hydrogen) atoms. The van der Waals surface area contributed by atoms with Crippen LogP contribution in [0.25, 0.3) is 0 Å². The number of morpholine rings is 1. The van der Waals surface area contributed by atoms with Crippen molar-refractivity contribution in [3.8, 4) is 0 Å². The standard InChI is InChI=1S/C19H25FN4OS/c1-14-5-10-26-18(14)13-23-19(21-2)22-12-15-3-4-17(16(20)11-15)24-6-8-25-9-7-24/h3-5,10-11H,6-9,12-13H2,1-2H3,(H2,21,22,23). The number of hydrogen-bond donors (Lipinski definition) is 2. The predicted octanol–water partition coefficient (Wildman–Crippen LogP) is 2.90. The number of rotatable bonds is 5. The molecule has 0 amide bonds. The van der Waals surface area contributed by atoms with E-state index in [9.17, 15) is 4.39 Å². The molecule has 0 bridgehead atoms. The van der Waals surface area contributed by atoms with Crippen molar-refractivity contribution in [1.82, 2.24) is 10.6 Å². The minimum Gasteiger partial charge on any atom is -0.378 e. The molecule has 0 unspecified atom stereocenters. The highest BCUT2D eigenvalue weighted by molar-refractivity contribution is 7.10. The molecule has 1 aliphatic heterocycles. The molecule has 1 saturated heterocycles. The van der Waals surface area contributed by atoms with Crippen LogP contribution in [0.4, 0.5) is 10.1 Å². The van der Waals surface area contributed by atoms with Crippen molar-refractivity contribution in [3.63, 3.8) is 0 Å². The highest BCUT2D eigenvalue weighted by Gasteiger charge is 2.15. The van der Waals surface area contributed by atoms with Crippen molar-refractivity contribution in [2.75, 3.05) is 38.3 Å². The quantitative estimate of drug-likeness (QED) is 0.622. The number of hydrogen-bond acceptors (Lipinski definition) is 4. The lowest BCUT2D eigenvalue weighted by Crippen LogP contribution is -2.37. The van der Waals surface area contributed by atoms with Crippen molar-refractivity contribution in [2.24, 2.45) is 4.99 Å². The van der Waals surface area contributed by atoms with Crippen molar-refractivity contribution in [3.05, 3.63) is 51.5 Å². The van der Waals surface area contributed by atoms with Gasteiger partial charge >= 0.3 is 0 Å². The molecule has 0 atom stereocenters. The number of halogens is 1. The molecule has 1 fully saturated rings.